The molecule has 0 aliphatic carbocycles. The summed E-state index contributed by atoms with van der Waals surface area (Å²) in [6.45, 7) is 0. The van der Waals surface area contributed by atoms with Gasteiger partial charge in [-0.15, -0.1) is 0 Å². The quantitative estimate of drug-likeness (QED) is 0.634. The van der Waals surface area contributed by atoms with Gasteiger partial charge in [0, 0.05) is 11.1 Å². The van der Waals surface area contributed by atoms with Crippen LogP contribution < -0.4 is 5.73 Å². The van der Waals surface area contributed by atoms with Crippen molar-refractivity contribution in [3.8, 4) is 11.5 Å². The lowest BCUT2D eigenvalue weighted by molar-refractivity contribution is 0.422. The maximum Gasteiger partial charge on any atom is 0.160 e. The minimum atomic E-state index is 0.536. The van der Waals surface area contributed by atoms with Crippen molar-refractivity contribution in [2.75, 3.05) is 5.73 Å². The summed E-state index contributed by atoms with van der Waals surface area (Å²) in [5, 5.41) is 4.36. The van der Waals surface area contributed by atoms with Crippen molar-refractivity contribution in [3.63, 3.8) is 0 Å². The Morgan fingerprint density at radius 2 is 2.25 bits per heavy atom. The van der Waals surface area contributed by atoms with E-state index in [0.717, 1.165) is 5.52 Å². The second-order valence-corrected chi connectivity index (χ2v) is 3.80. The Morgan fingerprint density at radius 3 is 3.00 bits per heavy atom. The zero-order valence-electron chi connectivity index (χ0n) is 8.07. The SMILES string of the molecule is Nc1cc(Cl)cc2[nH]c(-c3ccon3)nc12. The molecule has 0 aliphatic heterocycles. The van der Waals surface area contributed by atoms with Crippen LogP contribution in [0.5, 0.6) is 0 Å². The van der Waals surface area contributed by atoms with Crippen LogP contribution in [-0.2, 0) is 0 Å². The summed E-state index contributed by atoms with van der Waals surface area (Å²) < 4.78 is 4.75. The van der Waals surface area contributed by atoms with Gasteiger partial charge >= 0.3 is 0 Å². The molecule has 3 rings (SSSR count). The largest absolute Gasteiger partial charge is 0.397 e. The van der Waals surface area contributed by atoms with Crippen LogP contribution in [0.15, 0.2) is 29.0 Å². The van der Waals surface area contributed by atoms with Crippen LogP contribution in [0.4, 0.5) is 5.69 Å². The first kappa shape index (κ1) is 9.23. The molecule has 0 bridgehead atoms. The van der Waals surface area contributed by atoms with Gasteiger partial charge in [0.1, 0.15) is 17.5 Å². The molecule has 80 valence electrons. The number of benzene rings is 1. The average molecular weight is 235 g/mol. The van der Waals surface area contributed by atoms with Crippen LogP contribution >= 0.6 is 11.6 Å². The van der Waals surface area contributed by atoms with Crippen molar-refractivity contribution < 1.29 is 4.52 Å². The van der Waals surface area contributed by atoms with E-state index in [-0.39, 0.29) is 0 Å². The Kier molecular flexibility index (Phi) is 1.87. The highest BCUT2D eigenvalue weighted by Crippen LogP contribution is 2.26. The Morgan fingerprint density at radius 1 is 1.38 bits per heavy atom. The van der Waals surface area contributed by atoms with Gasteiger partial charge in [-0.3, -0.25) is 0 Å². The number of nitrogens with zero attached hydrogens (tertiary/aromatic N) is 2. The maximum atomic E-state index is 5.90. The number of H-pyrrole nitrogens is 1. The number of hydrogen-bond acceptors (Lipinski definition) is 4. The van der Waals surface area contributed by atoms with Crippen molar-refractivity contribution in [1.82, 2.24) is 15.1 Å². The van der Waals surface area contributed by atoms with Gasteiger partial charge in [-0.25, -0.2) is 4.98 Å². The number of hydrogen-bond donors (Lipinski definition) is 2. The van der Waals surface area contributed by atoms with E-state index < -0.39 is 0 Å². The fourth-order valence-corrected chi connectivity index (χ4v) is 1.79. The topological polar surface area (TPSA) is 80.7 Å². The third-order valence-electron chi connectivity index (χ3n) is 2.26. The molecule has 3 aromatic rings. The van der Waals surface area contributed by atoms with Crippen LogP contribution in [0.25, 0.3) is 22.6 Å². The zero-order valence-corrected chi connectivity index (χ0v) is 8.82. The van der Waals surface area contributed by atoms with Crippen molar-refractivity contribution >= 4 is 28.3 Å². The van der Waals surface area contributed by atoms with Gasteiger partial charge in [-0.05, 0) is 12.1 Å². The molecule has 6 heteroatoms. The molecule has 0 atom stereocenters. The summed E-state index contributed by atoms with van der Waals surface area (Å²) in [6.07, 6.45) is 1.48. The number of aromatic amines is 1. The number of nitrogens with two attached hydrogens (primary N) is 1. The summed E-state index contributed by atoms with van der Waals surface area (Å²) in [5.74, 6) is 0.609. The van der Waals surface area contributed by atoms with E-state index in [1.54, 1.807) is 18.2 Å². The van der Waals surface area contributed by atoms with E-state index in [9.17, 15) is 0 Å². The Labute approximate surface area is 95.2 Å². The monoisotopic (exact) mass is 234 g/mol. The number of aromatic nitrogens is 3. The van der Waals surface area contributed by atoms with E-state index in [4.69, 9.17) is 21.9 Å². The lowest BCUT2D eigenvalue weighted by Crippen LogP contribution is -1.86. The first-order valence-corrected chi connectivity index (χ1v) is 4.97. The molecule has 2 aromatic heterocycles. The lowest BCUT2D eigenvalue weighted by atomic mass is 10.3. The third kappa shape index (κ3) is 1.33. The molecular weight excluding hydrogens is 228 g/mol. The molecule has 0 amide bonds. The Bertz CT molecular complexity index is 644. The normalized spacial score (nSPS) is 11.1. The molecule has 0 saturated heterocycles. The molecule has 0 radical (unpaired) electrons. The van der Waals surface area contributed by atoms with Crippen LogP contribution in [-0.4, -0.2) is 15.1 Å². The van der Waals surface area contributed by atoms with Crippen LogP contribution in [0, 0.1) is 0 Å². The van der Waals surface area contributed by atoms with Gasteiger partial charge in [0.2, 0.25) is 0 Å². The predicted molar refractivity (Wildman–Crippen MR) is 61.0 cm³/mol. The molecule has 2 heterocycles. The molecule has 0 fully saturated rings. The highest BCUT2D eigenvalue weighted by molar-refractivity contribution is 6.31. The lowest BCUT2D eigenvalue weighted by Gasteiger charge is -1.94. The number of imidazole rings is 1. The van der Waals surface area contributed by atoms with E-state index >= 15 is 0 Å². The summed E-state index contributed by atoms with van der Waals surface area (Å²) in [4.78, 5) is 7.42. The molecule has 0 aliphatic rings. The van der Waals surface area contributed by atoms with Crippen molar-refractivity contribution in [2.24, 2.45) is 0 Å². The van der Waals surface area contributed by atoms with Gasteiger partial charge < -0.3 is 15.2 Å². The van der Waals surface area contributed by atoms with E-state index in [2.05, 4.69) is 15.1 Å². The van der Waals surface area contributed by atoms with Gasteiger partial charge in [-0.2, -0.15) is 0 Å². The van der Waals surface area contributed by atoms with Gasteiger partial charge in [0.15, 0.2) is 5.82 Å². The smallest absolute Gasteiger partial charge is 0.160 e. The second kappa shape index (κ2) is 3.24. The summed E-state index contributed by atoms with van der Waals surface area (Å²) in [7, 11) is 0. The number of rotatable bonds is 1. The molecule has 0 unspecified atom stereocenters. The maximum absolute atomic E-state index is 5.90. The predicted octanol–water partition coefficient (Wildman–Crippen LogP) is 2.45. The van der Waals surface area contributed by atoms with Crippen LogP contribution in [0.3, 0.4) is 0 Å². The van der Waals surface area contributed by atoms with Gasteiger partial charge in [0.05, 0.1) is 11.2 Å². The summed E-state index contributed by atoms with van der Waals surface area (Å²) in [6, 6.07) is 5.15. The van der Waals surface area contributed by atoms with E-state index in [1.807, 2.05) is 0 Å². The standard InChI is InChI=1S/C10H7ClN4O/c11-5-3-6(12)9-8(4-5)13-10(14-9)7-1-2-16-15-7/h1-4H,12H2,(H,13,14). The molecule has 5 nitrogen and oxygen atoms in total. The average Bonchev–Trinajstić information content (AvgIpc) is 2.82. The highest BCUT2D eigenvalue weighted by atomic mass is 35.5. The Balaban J connectivity index is 2.27. The number of halogens is 1. The molecule has 0 saturated carbocycles. The summed E-state index contributed by atoms with van der Waals surface area (Å²) >= 11 is 5.90. The zero-order chi connectivity index (χ0) is 11.1. The third-order valence-corrected chi connectivity index (χ3v) is 2.48. The first-order chi connectivity index (χ1) is 7.74. The van der Waals surface area contributed by atoms with Gasteiger partial charge in [0.25, 0.3) is 0 Å². The van der Waals surface area contributed by atoms with Crippen molar-refractivity contribution in [2.45, 2.75) is 0 Å². The minimum absolute atomic E-state index is 0.536. The van der Waals surface area contributed by atoms with E-state index in [1.165, 1.54) is 6.26 Å². The highest BCUT2D eigenvalue weighted by Gasteiger charge is 2.10. The molecule has 0 spiro atoms. The fraction of sp³-hybridized carbons (Fsp3) is 0. The Hall–Kier alpha value is -2.01. The number of nitrogens with one attached hydrogen (secondary N) is 1. The molecule has 1 aromatic carbocycles. The number of anilines is 1. The van der Waals surface area contributed by atoms with Crippen LogP contribution in [0.1, 0.15) is 0 Å². The first-order valence-electron chi connectivity index (χ1n) is 4.59. The number of fused-ring (bicyclic) bond motifs is 1. The minimum Gasteiger partial charge on any atom is -0.397 e. The number of nitrogen functional groups attached to an aromatic ring is 1. The van der Waals surface area contributed by atoms with E-state index in [0.29, 0.717) is 27.7 Å². The van der Waals surface area contributed by atoms with Gasteiger partial charge in [-0.1, -0.05) is 16.8 Å². The van der Waals surface area contributed by atoms with Crippen molar-refractivity contribution in [1.29, 1.82) is 0 Å². The van der Waals surface area contributed by atoms with Crippen molar-refractivity contribution in [3.05, 3.63) is 29.5 Å². The second-order valence-electron chi connectivity index (χ2n) is 3.36. The van der Waals surface area contributed by atoms with Crippen LogP contribution in [0.2, 0.25) is 5.02 Å². The fourth-order valence-electron chi connectivity index (χ4n) is 1.56. The molecule has 16 heavy (non-hydrogen) atoms. The molecule has 3 N–H and O–H groups in total. The molecular formula is C10H7ClN4O. The summed E-state index contributed by atoms with van der Waals surface area (Å²) in [5.41, 5.74) is 8.44.